The van der Waals surface area contributed by atoms with E-state index in [1.165, 1.54) is 4.80 Å². The maximum atomic E-state index is 12.7. The van der Waals surface area contributed by atoms with Crippen molar-refractivity contribution in [3.05, 3.63) is 71.2 Å². The molecule has 2 aromatic carbocycles. The summed E-state index contributed by atoms with van der Waals surface area (Å²) >= 11 is 0. The number of pyridine rings is 1. The topological polar surface area (TPSA) is 95.4 Å². The van der Waals surface area contributed by atoms with Gasteiger partial charge in [-0.25, -0.2) is 0 Å². The van der Waals surface area contributed by atoms with E-state index in [1.54, 1.807) is 6.07 Å². The van der Waals surface area contributed by atoms with E-state index in [4.69, 9.17) is 4.42 Å². The lowest BCUT2D eigenvalue weighted by atomic mass is 10.1. The Kier molecular flexibility index (Phi) is 4.89. The van der Waals surface area contributed by atoms with Crippen LogP contribution in [0.3, 0.4) is 0 Å². The highest BCUT2D eigenvalue weighted by atomic mass is 19.3. The number of alkyl halides is 2. The van der Waals surface area contributed by atoms with E-state index in [0.29, 0.717) is 17.9 Å². The molecule has 0 bridgehead atoms. The molecule has 8 nitrogen and oxygen atoms in total. The normalized spacial score (nSPS) is 11.5. The molecule has 0 unspecified atom stereocenters. The van der Waals surface area contributed by atoms with Crippen molar-refractivity contribution in [2.45, 2.75) is 26.8 Å². The van der Waals surface area contributed by atoms with Crippen molar-refractivity contribution in [3.63, 3.8) is 0 Å². The summed E-state index contributed by atoms with van der Waals surface area (Å²) in [5, 5.41) is 20.9. The molecule has 3 aromatic heterocycles. The van der Waals surface area contributed by atoms with Crippen LogP contribution in [0.2, 0.25) is 0 Å². The Hall–Kier alpha value is -4.08. The van der Waals surface area contributed by atoms with Crippen molar-refractivity contribution in [3.8, 4) is 22.8 Å². The number of hydrogen-bond donors (Lipinski definition) is 0. The number of halogens is 2. The molecule has 3 heterocycles. The maximum absolute atomic E-state index is 12.7. The summed E-state index contributed by atoms with van der Waals surface area (Å²) in [5.74, 6) is -0.110. The van der Waals surface area contributed by atoms with Gasteiger partial charge in [-0.05, 0) is 66.1 Å². The minimum Gasteiger partial charge on any atom is -0.415 e. The summed E-state index contributed by atoms with van der Waals surface area (Å²) < 4.78 is 30.4. The molecule has 0 N–H and O–H groups in total. The molecule has 0 aliphatic heterocycles. The number of nitrogens with zero attached hydrogens (tertiary/aromatic N) is 7. The van der Waals surface area contributed by atoms with Gasteiger partial charge in [0, 0.05) is 22.7 Å². The van der Waals surface area contributed by atoms with E-state index in [9.17, 15) is 8.78 Å². The van der Waals surface area contributed by atoms with Gasteiger partial charge in [0.1, 0.15) is 0 Å². The van der Waals surface area contributed by atoms with Gasteiger partial charge in [0.2, 0.25) is 11.7 Å². The summed E-state index contributed by atoms with van der Waals surface area (Å²) in [7, 11) is 0. The van der Waals surface area contributed by atoms with E-state index in [0.717, 1.165) is 33.2 Å². The largest absolute Gasteiger partial charge is 0.415 e. The Balaban J connectivity index is 1.37. The van der Waals surface area contributed by atoms with Crippen molar-refractivity contribution in [2.75, 3.05) is 0 Å². The highest BCUT2D eigenvalue weighted by molar-refractivity contribution is 5.83. The average Bonchev–Trinajstić information content (AvgIpc) is 3.43. The summed E-state index contributed by atoms with van der Waals surface area (Å²) in [6.07, 6.45) is -0.966. The zero-order valence-corrected chi connectivity index (χ0v) is 17.2. The molecule has 0 aliphatic carbocycles. The SMILES string of the molecule is Cc1cnc2ccc(-c3nnn(Cc4ccc(-c5nnc(C(F)F)o5)c(C)c4)n3)cc2c1. The number of aromatic nitrogens is 7. The fraction of sp³-hybridized carbons (Fsp3) is 0.182. The quantitative estimate of drug-likeness (QED) is 0.401. The molecule has 5 rings (SSSR count). The molecule has 0 saturated carbocycles. The summed E-state index contributed by atoms with van der Waals surface area (Å²) in [6.45, 7) is 4.24. The van der Waals surface area contributed by atoms with Crippen LogP contribution in [0.1, 0.15) is 29.0 Å². The lowest BCUT2D eigenvalue weighted by molar-refractivity contribution is 0.116. The highest BCUT2D eigenvalue weighted by Crippen LogP contribution is 2.27. The molecule has 0 atom stereocenters. The smallest absolute Gasteiger partial charge is 0.314 e. The van der Waals surface area contributed by atoms with E-state index in [-0.39, 0.29) is 5.89 Å². The zero-order valence-electron chi connectivity index (χ0n) is 17.2. The second-order valence-corrected chi connectivity index (χ2v) is 7.46. The predicted octanol–water partition coefficient (Wildman–Crippen LogP) is 4.54. The van der Waals surface area contributed by atoms with Crippen LogP contribution < -0.4 is 0 Å². The monoisotopic (exact) mass is 433 g/mol. The van der Waals surface area contributed by atoms with E-state index < -0.39 is 12.3 Å². The molecule has 0 spiro atoms. The van der Waals surface area contributed by atoms with Crippen molar-refractivity contribution in [1.29, 1.82) is 0 Å². The van der Waals surface area contributed by atoms with Crippen LogP contribution in [-0.4, -0.2) is 35.4 Å². The second-order valence-electron chi connectivity index (χ2n) is 7.46. The van der Waals surface area contributed by atoms with Crippen LogP contribution in [0.4, 0.5) is 8.78 Å². The first-order valence-corrected chi connectivity index (χ1v) is 9.82. The maximum Gasteiger partial charge on any atom is 0.314 e. The Morgan fingerprint density at radius 1 is 1.00 bits per heavy atom. The Morgan fingerprint density at radius 3 is 2.66 bits per heavy atom. The van der Waals surface area contributed by atoms with Crippen LogP contribution in [-0.2, 0) is 6.54 Å². The fourth-order valence-corrected chi connectivity index (χ4v) is 3.47. The molecule has 32 heavy (non-hydrogen) atoms. The number of tetrazole rings is 1. The number of aryl methyl sites for hydroxylation is 2. The fourth-order valence-electron chi connectivity index (χ4n) is 3.47. The van der Waals surface area contributed by atoms with Gasteiger partial charge in [-0.1, -0.05) is 12.1 Å². The van der Waals surface area contributed by atoms with Crippen molar-refractivity contribution >= 4 is 10.9 Å². The van der Waals surface area contributed by atoms with Crippen LogP contribution in [0.15, 0.2) is 53.1 Å². The van der Waals surface area contributed by atoms with Crippen LogP contribution in [0.5, 0.6) is 0 Å². The van der Waals surface area contributed by atoms with Gasteiger partial charge in [0.15, 0.2) is 0 Å². The van der Waals surface area contributed by atoms with Crippen molar-refractivity contribution in [2.24, 2.45) is 0 Å². The first-order chi connectivity index (χ1) is 15.5. The molecule has 0 saturated heterocycles. The highest BCUT2D eigenvalue weighted by Gasteiger charge is 2.18. The van der Waals surface area contributed by atoms with E-state index in [2.05, 4.69) is 36.7 Å². The number of benzene rings is 2. The Morgan fingerprint density at radius 2 is 1.88 bits per heavy atom. The minimum atomic E-state index is -2.80. The molecule has 160 valence electrons. The van der Waals surface area contributed by atoms with Gasteiger partial charge in [-0.2, -0.15) is 13.6 Å². The second kappa shape index (κ2) is 7.88. The molecular formula is C22H17F2N7O. The lowest BCUT2D eigenvalue weighted by Crippen LogP contribution is -2.04. The van der Waals surface area contributed by atoms with Gasteiger partial charge in [-0.15, -0.1) is 20.4 Å². The summed E-state index contributed by atoms with van der Waals surface area (Å²) in [5.41, 5.74) is 5.17. The molecule has 0 amide bonds. The molecule has 10 heteroatoms. The van der Waals surface area contributed by atoms with Gasteiger partial charge < -0.3 is 4.42 Å². The molecule has 0 radical (unpaired) electrons. The van der Waals surface area contributed by atoms with Crippen LogP contribution in [0.25, 0.3) is 33.7 Å². The summed E-state index contributed by atoms with van der Waals surface area (Å²) in [6, 6.07) is 13.4. The number of hydrogen-bond acceptors (Lipinski definition) is 7. The third-order valence-corrected chi connectivity index (χ3v) is 5.00. The average molecular weight is 433 g/mol. The minimum absolute atomic E-state index is 0.0616. The number of fused-ring (bicyclic) bond motifs is 1. The first-order valence-electron chi connectivity index (χ1n) is 9.82. The molecule has 5 aromatic rings. The third-order valence-electron chi connectivity index (χ3n) is 5.00. The molecule has 0 fully saturated rings. The predicted molar refractivity (Wildman–Crippen MR) is 112 cm³/mol. The first kappa shape index (κ1) is 19.9. The van der Waals surface area contributed by atoms with Gasteiger partial charge in [0.25, 0.3) is 5.89 Å². The van der Waals surface area contributed by atoms with Gasteiger partial charge in [0.05, 0.1) is 12.1 Å². The molecule has 0 aliphatic rings. The Labute approximate surface area is 180 Å². The Bertz CT molecular complexity index is 1430. The van der Waals surface area contributed by atoms with E-state index in [1.807, 2.05) is 50.4 Å². The zero-order chi connectivity index (χ0) is 22.2. The summed E-state index contributed by atoms with van der Waals surface area (Å²) in [4.78, 5) is 5.91. The van der Waals surface area contributed by atoms with Gasteiger partial charge in [-0.3, -0.25) is 4.98 Å². The number of rotatable bonds is 5. The van der Waals surface area contributed by atoms with Crippen LogP contribution >= 0.6 is 0 Å². The standard InChI is InChI=1S/C22H17F2N7O/c1-12-7-16-9-15(4-6-18(16)25-10-12)20-26-30-31(29-20)11-14-3-5-17(13(2)8-14)21-27-28-22(32-21)19(23)24/h3-10,19H,11H2,1-2H3. The van der Waals surface area contributed by atoms with Gasteiger partial charge >= 0.3 is 6.43 Å². The van der Waals surface area contributed by atoms with Crippen molar-refractivity contribution in [1.82, 2.24) is 35.4 Å². The van der Waals surface area contributed by atoms with E-state index >= 15 is 0 Å². The molecular weight excluding hydrogens is 416 g/mol. The third kappa shape index (κ3) is 3.82. The lowest BCUT2D eigenvalue weighted by Gasteiger charge is -2.05. The van der Waals surface area contributed by atoms with Crippen LogP contribution in [0, 0.1) is 13.8 Å². The van der Waals surface area contributed by atoms with Crippen molar-refractivity contribution < 1.29 is 13.2 Å².